The normalized spacial score (nSPS) is 10.8. The summed E-state index contributed by atoms with van der Waals surface area (Å²) in [6.07, 6.45) is 4.66. The van der Waals surface area contributed by atoms with E-state index in [2.05, 4.69) is 20.6 Å². The Kier molecular flexibility index (Phi) is 9.83. The molecule has 0 aliphatic heterocycles. The van der Waals surface area contributed by atoms with Gasteiger partial charge in [0.1, 0.15) is 5.75 Å². The molecule has 0 aliphatic rings. The number of hydrogen-bond donors (Lipinski definition) is 3. The number of phenols is 1. The first-order valence-electron chi connectivity index (χ1n) is 7.90. The molecular formula is C18H25IN4O. The van der Waals surface area contributed by atoms with E-state index in [1.807, 2.05) is 36.5 Å². The highest BCUT2D eigenvalue weighted by atomic mass is 127. The van der Waals surface area contributed by atoms with Gasteiger partial charge in [0.15, 0.2) is 5.96 Å². The molecule has 0 aliphatic carbocycles. The number of rotatable bonds is 7. The molecule has 2 rings (SSSR count). The Labute approximate surface area is 160 Å². The smallest absolute Gasteiger partial charge is 0.190 e. The second kappa shape index (κ2) is 11.7. The highest BCUT2D eigenvalue weighted by molar-refractivity contribution is 14.0. The third kappa shape index (κ3) is 7.63. The fourth-order valence-corrected chi connectivity index (χ4v) is 2.24. The van der Waals surface area contributed by atoms with Crippen molar-refractivity contribution in [1.29, 1.82) is 0 Å². The number of nitrogens with one attached hydrogen (secondary N) is 2. The lowest BCUT2D eigenvalue weighted by molar-refractivity contribution is 0.475. The monoisotopic (exact) mass is 440 g/mol. The third-order valence-corrected chi connectivity index (χ3v) is 3.49. The van der Waals surface area contributed by atoms with Gasteiger partial charge in [-0.05, 0) is 42.7 Å². The van der Waals surface area contributed by atoms with Crippen LogP contribution in [0.4, 0.5) is 0 Å². The van der Waals surface area contributed by atoms with Crippen LogP contribution >= 0.6 is 24.0 Å². The molecule has 3 N–H and O–H groups in total. The van der Waals surface area contributed by atoms with Crippen LogP contribution in [0.2, 0.25) is 0 Å². The molecule has 1 heterocycles. The van der Waals surface area contributed by atoms with E-state index in [1.165, 1.54) is 5.56 Å². The summed E-state index contributed by atoms with van der Waals surface area (Å²) in [5.74, 6) is 1.12. The number of guanidine groups is 1. The molecule has 0 unspecified atom stereocenters. The quantitative estimate of drug-likeness (QED) is 0.268. The number of aryl methyl sites for hydroxylation is 1. The molecule has 1 aromatic heterocycles. The van der Waals surface area contributed by atoms with Gasteiger partial charge in [-0.2, -0.15) is 0 Å². The Bertz CT molecular complexity index is 602. The average molecular weight is 440 g/mol. The van der Waals surface area contributed by atoms with Crippen LogP contribution in [0, 0.1) is 0 Å². The highest BCUT2D eigenvalue weighted by Crippen LogP contribution is 2.10. The van der Waals surface area contributed by atoms with Crippen molar-refractivity contribution in [3.8, 4) is 5.75 Å². The lowest BCUT2D eigenvalue weighted by Crippen LogP contribution is -2.38. The molecule has 0 saturated carbocycles. The maximum atomic E-state index is 9.26. The zero-order valence-corrected chi connectivity index (χ0v) is 16.2. The van der Waals surface area contributed by atoms with E-state index >= 15 is 0 Å². The first kappa shape index (κ1) is 20.2. The van der Waals surface area contributed by atoms with Crippen LogP contribution in [0.3, 0.4) is 0 Å². The molecule has 0 saturated heterocycles. The van der Waals surface area contributed by atoms with Gasteiger partial charge in [-0.3, -0.25) is 9.98 Å². The van der Waals surface area contributed by atoms with Crippen molar-refractivity contribution < 1.29 is 5.11 Å². The van der Waals surface area contributed by atoms with E-state index in [-0.39, 0.29) is 24.0 Å². The van der Waals surface area contributed by atoms with Crippen LogP contribution in [0.15, 0.2) is 53.7 Å². The molecule has 0 radical (unpaired) electrons. The topological polar surface area (TPSA) is 69.5 Å². The second-order valence-corrected chi connectivity index (χ2v) is 5.27. The molecule has 0 amide bonds. The Balaban J connectivity index is 0.00000288. The Morgan fingerprint density at radius 2 is 1.79 bits per heavy atom. The van der Waals surface area contributed by atoms with Gasteiger partial charge in [0.2, 0.25) is 0 Å². The fraction of sp³-hybridized carbons (Fsp3) is 0.333. The molecule has 2 aromatic rings. The van der Waals surface area contributed by atoms with E-state index in [9.17, 15) is 5.11 Å². The summed E-state index contributed by atoms with van der Waals surface area (Å²) in [5.41, 5.74) is 2.30. The van der Waals surface area contributed by atoms with Gasteiger partial charge in [-0.25, -0.2) is 0 Å². The third-order valence-electron chi connectivity index (χ3n) is 3.49. The molecule has 0 spiro atoms. The zero-order valence-electron chi connectivity index (χ0n) is 13.9. The van der Waals surface area contributed by atoms with E-state index in [0.717, 1.165) is 44.0 Å². The standard InChI is InChI=1S/C18H24N4O.HI/c1-19-18(22-14-11-16-6-2-3-12-20-16)21-13-4-5-15-7-9-17(23)10-8-15;/h2-3,6-10,12,23H,4-5,11,13-14H2,1H3,(H2,19,21,22);1H. The maximum absolute atomic E-state index is 9.26. The number of benzene rings is 1. The molecule has 5 nitrogen and oxygen atoms in total. The van der Waals surface area contributed by atoms with E-state index < -0.39 is 0 Å². The zero-order chi connectivity index (χ0) is 16.3. The average Bonchev–Trinajstić information content (AvgIpc) is 2.59. The summed E-state index contributed by atoms with van der Waals surface area (Å²) in [7, 11) is 1.77. The molecule has 1 aromatic carbocycles. The van der Waals surface area contributed by atoms with Crippen molar-refractivity contribution in [2.75, 3.05) is 20.1 Å². The van der Waals surface area contributed by atoms with Crippen molar-refractivity contribution in [3.63, 3.8) is 0 Å². The molecule has 6 heteroatoms. The van der Waals surface area contributed by atoms with Gasteiger partial charge in [0.05, 0.1) is 0 Å². The predicted octanol–water partition coefficient (Wildman–Crippen LogP) is 2.75. The fourth-order valence-electron chi connectivity index (χ4n) is 2.24. The van der Waals surface area contributed by atoms with E-state index in [4.69, 9.17) is 0 Å². The molecular weight excluding hydrogens is 415 g/mol. The maximum Gasteiger partial charge on any atom is 0.190 e. The van der Waals surface area contributed by atoms with E-state index in [0.29, 0.717) is 5.75 Å². The van der Waals surface area contributed by atoms with Gasteiger partial charge in [-0.1, -0.05) is 18.2 Å². The summed E-state index contributed by atoms with van der Waals surface area (Å²) in [6, 6.07) is 13.3. The van der Waals surface area contributed by atoms with Gasteiger partial charge in [-0.15, -0.1) is 24.0 Å². The molecule has 0 bridgehead atoms. The molecule has 24 heavy (non-hydrogen) atoms. The Hall–Kier alpha value is -1.83. The molecule has 0 fully saturated rings. The first-order valence-corrected chi connectivity index (χ1v) is 7.90. The van der Waals surface area contributed by atoms with Crippen molar-refractivity contribution >= 4 is 29.9 Å². The number of phenolic OH excluding ortho intramolecular Hbond substituents is 1. The minimum Gasteiger partial charge on any atom is -0.508 e. The first-order chi connectivity index (χ1) is 11.3. The highest BCUT2D eigenvalue weighted by Gasteiger charge is 1.99. The minimum atomic E-state index is 0. The number of aliphatic imine (C=N–C) groups is 1. The summed E-state index contributed by atoms with van der Waals surface area (Å²) in [5, 5.41) is 15.9. The van der Waals surface area contributed by atoms with Gasteiger partial charge >= 0.3 is 0 Å². The number of halogens is 1. The second-order valence-electron chi connectivity index (χ2n) is 5.27. The SMILES string of the molecule is CN=C(NCCCc1ccc(O)cc1)NCCc1ccccn1.I. The Morgan fingerprint density at radius 3 is 2.46 bits per heavy atom. The van der Waals surface area contributed by atoms with Crippen molar-refractivity contribution in [3.05, 3.63) is 59.9 Å². The molecule has 130 valence electrons. The number of hydrogen-bond acceptors (Lipinski definition) is 3. The number of aromatic nitrogens is 1. The van der Waals surface area contributed by atoms with Crippen LogP contribution in [0.1, 0.15) is 17.7 Å². The van der Waals surface area contributed by atoms with E-state index in [1.54, 1.807) is 19.2 Å². The van der Waals surface area contributed by atoms with Gasteiger partial charge in [0, 0.05) is 38.4 Å². The Morgan fingerprint density at radius 1 is 1.04 bits per heavy atom. The van der Waals surface area contributed by atoms with Crippen LogP contribution in [-0.4, -0.2) is 36.2 Å². The number of nitrogens with zero attached hydrogens (tertiary/aromatic N) is 2. The minimum absolute atomic E-state index is 0. The van der Waals surface area contributed by atoms with Crippen LogP contribution in [0.25, 0.3) is 0 Å². The van der Waals surface area contributed by atoms with Crippen LogP contribution in [0.5, 0.6) is 5.75 Å². The summed E-state index contributed by atoms with van der Waals surface area (Å²) < 4.78 is 0. The number of pyridine rings is 1. The largest absolute Gasteiger partial charge is 0.508 e. The summed E-state index contributed by atoms with van der Waals surface area (Å²) in [6.45, 7) is 1.65. The summed E-state index contributed by atoms with van der Waals surface area (Å²) >= 11 is 0. The number of aromatic hydroxyl groups is 1. The van der Waals surface area contributed by atoms with Crippen LogP contribution in [-0.2, 0) is 12.8 Å². The van der Waals surface area contributed by atoms with Crippen molar-refractivity contribution in [1.82, 2.24) is 15.6 Å². The lowest BCUT2D eigenvalue weighted by atomic mass is 10.1. The molecule has 0 atom stereocenters. The lowest BCUT2D eigenvalue weighted by Gasteiger charge is -2.11. The van der Waals surface area contributed by atoms with Gasteiger partial charge in [0.25, 0.3) is 0 Å². The predicted molar refractivity (Wildman–Crippen MR) is 109 cm³/mol. The van der Waals surface area contributed by atoms with Crippen molar-refractivity contribution in [2.24, 2.45) is 4.99 Å². The van der Waals surface area contributed by atoms with Crippen molar-refractivity contribution in [2.45, 2.75) is 19.3 Å². The van der Waals surface area contributed by atoms with Crippen LogP contribution < -0.4 is 10.6 Å². The summed E-state index contributed by atoms with van der Waals surface area (Å²) in [4.78, 5) is 8.51. The van der Waals surface area contributed by atoms with Gasteiger partial charge < -0.3 is 15.7 Å².